The number of anilines is 1. The van der Waals surface area contributed by atoms with Crippen molar-refractivity contribution in [1.82, 2.24) is 4.98 Å². The summed E-state index contributed by atoms with van der Waals surface area (Å²) >= 11 is 0. The molecule has 1 aromatic heterocycles. The van der Waals surface area contributed by atoms with E-state index in [4.69, 9.17) is 4.74 Å². The fourth-order valence-corrected chi connectivity index (χ4v) is 2.14. The summed E-state index contributed by atoms with van der Waals surface area (Å²) < 4.78 is 5.36. The molecule has 0 spiro atoms. The van der Waals surface area contributed by atoms with E-state index in [1.54, 1.807) is 0 Å². The van der Waals surface area contributed by atoms with E-state index in [1.807, 2.05) is 51.1 Å². The third kappa shape index (κ3) is 3.63. The van der Waals surface area contributed by atoms with Gasteiger partial charge >= 0.3 is 0 Å². The number of carbonyl (C=O) groups is 1. The van der Waals surface area contributed by atoms with Gasteiger partial charge in [-0.25, -0.2) is 0 Å². The zero-order chi connectivity index (χ0) is 14.5. The Morgan fingerprint density at radius 1 is 1.25 bits per heavy atom. The number of ether oxygens (including phenoxy) is 1. The van der Waals surface area contributed by atoms with Gasteiger partial charge in [-0.15, -0.1) is 0 Å². The molecule has 0 saturated carbocycles. The van der Waals surface area contributed by atoms with Crippen molar-refractivity contribution in [2.45, 2.75) is 27.2 Å². The normalized spacial score (nSPS) is 10.3. The van der Waals surface area contributed by atoms with Gasteiger partial charge in [0.1, 0.15) is 5.75 Å². The van der Waals surface area contributed by atoms with Crippen molar-refractivity contribution in [3.05, 3.63) is 47.3 Å². The molecule has 4 heteroatoms. The number of rotatable bonds is 5. The van der Waals surface area contributed by atoms with Crippen LogP contribution in [0.1, 0.15) is 23.9 Å². The first-order valence-electron chi connectivity index (χ1n) is 6.76. The van der Waals surface area contributed by atoms with Gasteiger partial charge < -0.3 is 15.0 Å². The van der Waals surface area contributed by atoms with Crippen LogP contribution in [0.2, 0.25) is 0 Å². The van der Waals surface area contributed by atoms with E-state index in [9.17, 15) is 4.79 Å². The Labute approximate surface area is 119 Å². The van der Waals surface area contributed by atoms with Gasteiger partial charge in [0.2, 0.25) is 5.91 Å². The minimum absolute atomic E-state index is 0.0174. The Morgan fingerprint density at radius 3 is 2.50 bits per heavy atom. The highest BCUT2D eigenvalue weighted by Gasteiger charge is 2.08. The molecule has 0 saturated heterocycles. The number of aromatic nitrogens is 1. The number of aryl methyl sites for hydroxylation is 2. The first kappa shape index (κ1) is 14.2. The van der Waals surface area contributed by atoms with E-state index < -0.39 is 0 Å². The summed E-state index contributed by atoms with van der Waals surface area (Å²) in [6.45, 7) is 6.54. The van der Waals surface area contributed by atoms with Crippen LogP contribution in [0.25, 0.3) is 0 Å². The van der Waals surface area contributed by atoms with Crippen molar-refractivity contribution < 1.29 is 9.53 Å². The number of H-pyrrole nitrogens is 1. The number of amides is 1. The number of nitrogens with one attached hydrogen (secondary N) is 2. The van der Waals surface area contributed by atoms with E-state index in [-0.39, 0.29) is 5.91 Å². The maximum Gasteiger partial charge on any atom is 0.228 e. The van der Waals surface area contributed by atoms with Crippen molar-refractivity contribution >= 4 is 11.6 Å². The fourth-order valence-electron chi connectivity index (χ4n) is 2.14. The molecule has 0 bridgehead atoms. The number of carbonyl (C=O) groups excluding carboxylic acids is 1. The van der Waals surface area contributed by atoms with E-state index in [0.717, 1.165) is 28.4 Å². The second-order valence-corrected chi connectivity index (χ2v) is 4.78. The first-order valence-corrected chi connectivity index (χ1v) is 6.76. The second-order valence-electron chi connectivity index (χ2n) is 4.78. The molecule has 0 aliphatic rings. The summed E-state index contributed by atoms with van der Waals surface area (Å²) in [5, 5.41) is 2.89. The van der Waals surface area contributed by atoms with Crippen LogP contribution in [0.15, 0.2) is 30.3 Å². The number of hydrogen-bond donors (Lipinski definition) is 2. The van der Waals surface area contributed by atoms with Crippen molar-refractivity contribution in [1.29, 1.82) is 0 Å². The number of aromatic amines is 1. The fraction of sp³-hybridized carbons (Fsp3) is 0.312. The smallest absolute Gasteiger partial charge is 0.228 e. The summed E-state index contributed by atoms with van der Waals surface area (Å²) in [6.07, 6.45) is 0.378. The lowest BCUT2D eigenvalue weighted by Gasteiger charge is -2.07. The van der Waals surface area contributed by atoms with Gasteiger partial charge in [0, 0.05) is 17.1 Å². The highest BCUT2D eigenvalue weighted by molar-refractivity contribution is 5.92. The molecule has 0 atom stereocenters. The predicted molar refractivity (Wildman–Crippen MR) is 80.2 cm³/mol. The lowest BCUT2D eigenvalue weighted by atomic mass is 10.1. The molecular weight excluding hydrogens is 252 g/mol. The molecule has 2 rings (SSSR count). The topological polar surface area (TPSA) is 54.1 Å². The van der Waals surface area contributed by atoms with Gasteiger partial charge in [-0.1, -0.05) is 0 Å². The Kier molecular flexibility index (Phi) is 4.45. The molecule has 20 heavy (non-hydrogen) atoms. The van der Waals surface area contributed by atoms with Gasteiger partial charge in [-0.3, -0.25) is 4.79 Å². The van der Waals surface area contributed by atoms with Gasteiger partial charge in [-0.05, 0) is 56.7 Å². The van der Waals surface area contributed by atoms with E-state index >= 15 is 0 Å². The zero-order valence-electron chi connectivity index (χ0n) is 12.1. The lowest BCUT2D eigenvalue weighted by Crippen LogP contribution is -2.14. The highest BCUT2D eigenvalue weighted by Crippen LogP contribution is 2.16. The first-order chi connectivity index (χ1) is 9.58. The van der Waals surface area contributed by atoms with Crippen molar-refractivity contribution in [3.8, 4) is 5.75 Å². The monoisotopic (exact) mass is 272 g/mol. The van der Waals surface area contributed by atoms with Crippen molar-refractivity contribution in [2.75, 3.05) is 11.9 Å². The van der Waals surface area contributed by atoms with Crippen LogP contribution < -0.4 is 10.1 Å². The van der Waals surface area contributed by atoms with Gasteiger partial charge in [0.25, 0.3) is 0 Å². The van der Waals surface area contributed by atoms with E-state index in [2.05, 4.69) is 10.3 Å². The molecule has 2 N–H and O–H groups in total. The summed E-state index contributed by atoms with van der Waals surface area (Å²) in [6, 6.07) is 9.40. The predicted octanol–water partition coefficient (Wildman–Crippen LogP) is 3.21. The van der Waals surface area contributed by atoms with Gasteiger partial charge in [0.05, 0.1) is 13.0 Å². The third-order valence-electron chi connectivity index (χ3n) is 3.06. The lowest BCUT2D eigenvalue weighted by molar-refractivity contribution is -0.115. The quantitative estimate of drug-likeness (QED) is 0.878. The second kappa shape index (κ2) is 6.28. The molecule has 0 unspecified atom stereocenters. The summed E-state index contributed by atoms with van der Waals surface area (Å²) in [5.41, 5.74) is 3.94. The highest BCUT2D eigenvalue weighted by atomic mass is 16.5. The Bertz CT molecular complexity index is 585. The van der Waals surface area contributed by atoms with Crippen LogP contribution in [0.4, 0.5) is 5.69 Å². The Balaban J connectivity index is 1.95. The molecule has 106 valence electrons. The maximum absolute atomic E-state index is 12.0. The van der Waals surface area contributed by atoms with Gasteiger partial charge in [0.15, 0.2) is 0 Å². The minimum atomic E-state index is -0.0174. The zero-order valence-corrected chi connectivity index (χ0v) is 12.1. The Morgan fingerprint density at radius 2 is 1.95 bits per heavy atom. The summed E-state index contributed by atoms with van der Waals surface area (Å²) in [4.78, 5) is 15.2. The minimum Gasteiger partial charge on any atom is -0.494 e. The van der Waals surface area contributed by atoms with Crippen LogP contribution in [-0.2, 0) is 11.2 Å². The molecule has 2 aromatic rings. The average molecular weight is 272 g/mol. The standard InChI is InChI=1S/C16H20N2O2/c1-4-20-15-7-5-14(6-8-15)18-16(19)10-13-9-11(2)17-12(13)3/h5-9,17H,4,10H2,1-3H3,(H,18,19). The van der Waals surface area contributed by atoms with Crippen molar-refractivity contribution in [2.24, 2.45) is 0 Å². The van der Waals surface area contributed by atoms with Crippen LogP contribution in [0.5, 0.6) is 5.75 Å². The molecular formula is C16H20N2O2. The van der Waals surface area contributed by atoms with Crippen molar-refractivity contribution in [3.63, 3.8) is 0 Å². The molecule has 1 amide bonds. The van der Waals surface area contributed by atoms with Crippen LogP contribution in [0.3, 0.4) is 0 Å². The van der Waals surface area contributed by atoms with Gasteiger partial charge in [-0.2, -0.15) is 0 Å². The summed E-state index contributed by atoms with van der Waals surface area (Å²) in [7, 11) is 0. The van der Waals surface area contributed by atoms with Crippen LogP contribution >= 0.6 is 0 Å². The van der Waals surface area contributed by atoms with E-state index in [0.29, 0.717) is 13.0 Å². The van der Waals surface area contributed by atoms with E-state index in [1.165, 1.54) is 0 Å². The van der Waals surface area contributed by atoms with Crippen LogP contribution in [-0.4, -0.2) is 17.5 Å². The number of benzene rings is 1. The SMILES string of the molecule is CCOc1ccc(NC(=O)Cc2cc(C)[nH]c2C)cc1. The Hall–Kier alpha value is -2.23. The van der Waals surface area contributed by atoms with Crippen LogP contribution in [0, 0.1) is 13.8 Å². The maximum atomic E-state index is 12.0. The molecule has 0 fully saturated rings. The molecule has 1 heterocycles. The largest absolute Gasteiger partial charge is 0.494 e. The summed E-state index contributed by atoms with van der Waals surface area (Å²) in [5.74, 6) is 0.791. The molecule has 1 aromatic carbocycles. The number of hydrogen-bond acceptors (Lipinski definition) is 2. The third-order valence-corrected chi connectivity index (χ3v) is 3.06. The molecule has 0 aliphatic heterocycles. The average Bonchev–Trinajstić information content (AvgIpc) is 2.70. The molecule has 4 nitrogen and oxygen atoms in total. The molecule has 0 aliphatic carbocycles. The molecule has 0 radical (unpaired) electrons.